The lowest BCUT2D eigenvalue weighted by Crippen LogP contribution is -2.36. The summed E-state index contributed by atoms with van der Waals surface area (Å²) in [7, 11) is 0. The van der Waals surface area contributed by atoms with Crippen molar-refractivity contribution in [2.75, 3.05) is 13.1 Å². The zero-order valence-corrected chi connectivity index (χ0v) is 13.8. The summed E-state index contributed by atoms with van der Waals surface area (Å²) in [6, 6.07) is 2.72. The molecule has 1 unspecified atom stereocenters. The van der Waals surface area contributed by atoms with Gasteiger partial charge in [0.1, 0.15) is 17.2 Å². The number of likely N-dealkylation sites (tertiary alicyclic amines) is 1. The maximum absolute atomic E-state index is 14.0. The highest BCUT2D eigenvalue weighted by atomic mass is 19.1. The van der Waals surface area contributed by atoms with E-state index < -0.39 is 23.1 Å². The fraction of sp³-hybridized carbons (Fsp3) is 0.556. The number of nitrogens with zero attached hydrogens (tertiary/aromatic N) is 1. The number of hydrogen-bond donors (Lipinski definition) is 1. The van der Waals surface area contributed by atoms with E-state index in [1.165, 1.54) is 13.0 Å². The molecule has 1 aromatic carbocycles. The van der Waals surface area contributed by atoms with Crippen LogP contribution in [0.5, 0.6) is 0 Å². The van der Waals surface area contributed by atoms with Crippen molar-refractivity contribution in [1.29, 1.82) is 0 Å². The summed E-state index contributed by atoms with van der Waals surface area (Å²) in [6.45, 7) is 2.35. The van der Waals surface area contributed by atoms with E-state index in [4.69, 9.17) is 0 Å². The topological polar surface area (TPSA) is 49.4 Å². The van der Waals surface area contributed by atoms with Crippen LogP contribution in [0.2, 0.25) is 0 Å². The Bertz CT molecular complexity index is 657. The van der Waals surface area contributed by atoms with Crippen LogP contribution in [0.1, 0.15) is 48.0 Å². The lowest BCUT2D eigenvalue weighted by atomic mass is 10.1. The lowest BCUT2D eigenvalue weighted by Gasteiger charge is -2.24. The second-order valence-electron chi connectivity index (χ2n) is 6.82. The van der Waals surface area contributed by atoms with Crippen LogP contribution in [-0.2, 0) is 4.79 Å². The van der Waals surface area contributed by atoms with E-state index in [1.54, 1.807) is 0 Å². The number of nitrogens with one attached hydrogen (secondary N) is 1. The van der Waals surface area contributed by atoms with Gasteiger partial charge in [-0.25, -0.2) is 8.78 Å². The molecule has 1 saturated heterocycles. The van der Waals surface area contributed by atoms with E-state index in [2.05, 4.69) is 5.32 Å². The van der Waals surface area contributed by atoms with Gasteiger partial charge in [-0.1, -0.05) is 18.9 Å². The van der Waals surface area contributed by atoms with E-state index in [0.29, 0.717) is 19.0 Å². The van der Waals surface area contributed by atoms with Gasteiger partial charge in [0, 0.05) is 31.5 Å². The molecule has 2 fully saturated rings. The molecule has 1 aromatic rings. The lowest BCUT2D eigenvalue weighted by molar-refractivity contribution is -0.129. The predicted molar refractivity (Wildman–Crippen MR) is 85.5 cm³/mol. The van der Waals surface area contributed by atoms with Gasteiger partial charge in [-0.2, -0.15) is 0 Å². The molecule has 0 radical (unpaired) electrons. The zero-order valence-electron chi connectivity index (χ0n) is 13.8. The van der Waals surface area contributed by atoms with Crippen molar-refractivity contribution in [1.82, 2.24) is 10.2 Å². The number of halogens is 2. The SMILES string of the molecule is Cc1ccc(F)c(C(=O)NCC2CC(=O)N(C3CCCC3)C2)c1F. The largest absolute Gasteiger partial charge is 0.351 e. The standard InChI is InChI=1S/C18H22F2N2O2/c1-11-6-7-14(19)16(17(11)20)18(24)21-9-12-8-15(23)22(10-12)13-4-2-3-5-13/h6-7,12-13H,2-5,8-10H2,1H3,(H,21,24). The minimum absolute atomic E-state index is 0.00187. The molecule has 130 valence electrons. The fourth-order valence-electron chi connectivity index (χ4n) is 3.70. The van der Waals surface area contributed by atoms with Gasteiger partial charge in [-0.3, -0.25) is 9.59 Å². The summed E-state index contributed by atoms with van der Waals surface area (Å²) in [5, 5.41) is 2.58. The van der Waals surface area contributed by atoms with Crippen molar-refractivity contribution >= 4 is 11.8 Å². The Morgan fingerprint density at radius 2 is 2.00 bits per heavy atom. The van der Waals surface area contributed by atoms with Gasteiger partial charge in [0.25, 0.3) is 5.91 Å². The molecule has 1 heterocycles. The Balaban J connectivity index is 1.59. The van der Waals surface area contributed by atoms with E-state index in [1.807, 2.05) is 4.90 Å². The summed E-state index contributed by atoms with van der Waals surface area (Å²) in [6.07, 6.45) is 4.79. The van der Waals surface area contributed by atoms with Crippen molar-refractivity contribution < 1.29 is 18.4 Å². The smallest absolute Gasteiger partial charge is 0.257 e. The first-order chi connectivity index (χ1) is 11.5. The number of rotatable bonds is 4. The van der Waals surface area contributed by atoms with E-state index >= 15 is 0 Å². The van der Waals surface area contributed by atoms with Gasteiger partial charge in [0.2, 0.25) is 5.91 Å². The van der Waals surface area contributed by atoms with Gasteiger partial charge in [0.15, 0.2) is 0 Å². The van der Waals surface area contributed by atoms with Crippen molar-refractivity contribution in [3.63, 3.8) is 0 Å². The minimum atomic E-state index is -0.870. The minimum Gasteiger partial charge on any atom is -0.351 e. The first-order valence-electron chi connectivity index (χ1n) is 8.49. The predicted octanol–water partition coefficient (Wildman–Crippen LogP) is 2.79. The summed E-state index contributed by atoms with van der Waals surface area (Å²) in [4.78, 5) is 26.2. The molecule has 1 saturated carbocycles. The van der Waals surface area contributed by atoms with Gasteiger partial charge in [-0.05, 0) is 31.4 Å². The van der Waals surface area contributed by atoms with Crippen LogP contribution in [0.4, 0.5) is 8.78 Å². The van der Waals surface area contributed by atoms with E-state index in [0.717, 1.165) is 31.7 Å². The number of amides is 2. The van der Waals surface area contributed by atoms with Crippen LogP contribution in [0.15, 0.2) is 12.1 Å². The normalized spacial score (nSPS) is 21.5. The number of carbonyl (C=O) groups is 2. The van der Waals surface area contributed by atoms with Crippen molar-refractivity contribution in [2.24, 2.45) is 5.92 Å². The highest BCUT2D eigenvalue weighted by Gasteiger charge is 2.35. The molecule has 3 rings (SSSR count). The molecule has 0 spiro atoms. The summed E-state index contributed by atoms with van der Waals surface area (Å²) in [5.41, 5.74) is -0.322. The molecule has 1 aliphatic heterocycles. The molecule has 24 heavy (non-hydrogen) atoms. The molecular formula is C18H22F2N2O2. The first-order valence-corrected chi connectivity index (χ1v) is 8.49. The average Bonchev–Trinajstić information content (AvgIpc) is 3.18. The van der Waals surface area contributed by atoms with Crippen molar-refractivity contribution in [3.8, 4) is 0 Å². The number of benzene rings is 1. The quantitative estimate of drug-likeness (QED) is 0.919. The second kappa shape index (κ2) is 6.87. The summed E-state index contributed by atoms with van der Waals surface area (Å²) < 4.78 is 27.7. The molecule has 2 amide bonds. The number of carbonyl (C=O) groups excluding carboxylic acids is 2. The first kappa shape index (κ1) is 16.9. The molecule has 4 nitrogen and oxygen atoms in total. The van der Waals surface area contributed by atoms with Gasteiger partial charge < -0.3 is 10.2 Å². The maximum Gasteiger partial charge on any atom is 0.257 e. The third kappa shape index (κ3) is 3.28. The molecule has 0 aromatic heterocycles. The van der Waals surface area contributed by atoms with Crippen LogP contribution in [0.25, 0.3) is 0 Å². The van der Waals surface area contributed by atoms with Gasteiger partial charge >= 0.3 is 0 Å². The summed E-state index contributed by atoms with van der Waals surface area (Å²) in [5.74, 6) is -2.35. The van der Waals surface area contributed by atoms with Crippen molar-refractivity contribution in [3.05, 3.63) is 34.9 Å². The molecule has 0 bridgehead atoms. The third-order valence-corrected chi connectivity index (χ3v) is 5.07. The molecule has 6 heteroatoms. The number of aryl methyl sites for hydroxylation is 1. The molecule has 2 aliphatic rings. The Hall–Kier alpha value is -1.98. The average molecular weight is 336 g/mol. The molecule has 1 aliphatic carbocycles. The molecule has 1 N–H and O–H groups in total. The van der Waals surface area contributed by atoms with Crippen LogP contribution in [0.3, 0.4) is 0 Å². The Labute approximate surface area is 140 Å². The van der Waals surface area contributed by atoms with Crippen LogP contribution < -0.4 is 5.32 Å². The Kier molecular flexibility index (Phi) is 4.83. The monoisotopic (exact) mass is 336 g/mol. The third-order valence-electron chi connectivity index (χ3n) is 5.07. The van der Waals surface area contributed by atoms with E-state index in [-0.39, 0.29) is 23.9 Å². The van der Waals surface area contributed by atoms with Crippen LogP contribution >= 0.6 is 0 Å². The van der Waals surface area contributed by atoms with Gasteiger partial charge in [-0.15, -0.1) is 0 Å². The zero-order chi connectivity index (χ0) is 17.3. The van der Waals surface area contributed by atoms with Crippen molar-refractivity contribution in [2.45, 2.75) is 45.1 Å². The Morgan fingerprint density at radius 3 is 2.71 bits per heavy atom. The second-order valence-corrected chi connectivity index (χ2v) is 6.82. The fourth-order valence-corrected chi connectivity index (χ4v) is 3.70. The highest BCUT2D eigenvalue weighted by Crippen LogP contribution is 2.29. The van der Waals surface area contributed by atoms with E-state index in [9.17, 15) is 18.4 Å². The van der Waals surface area contributed by atoms with Crippen LogP contribution in [0, 0.1) is 24.5 Å². The van der Waals surface area contributed by atoms with Gasteiger partial charge in [0.05, 0.1) is 0 Å². The molecule has 1 atom stereocenters. The Morgan fingerprint density at radius 1 is 1.29 bits per heavy atom. The highest BCUT2D eigenvalue weighted by molar-refractivity contribution is 5.95. The van der Waals surface area contributed by atoms with Crippen LogP contribution in [-0.4, -0.2) is 35.8 Å². The number of hydrogen-bond acceptors (Lipinski definition) is 2. The summed E-state index contributed by atoms with van der Waals surface area (Å²) >= 11 is 0. The molecular weight excluding hydrogens is 314 g/mol. The maximum atomic E-state index is 14.0.